The van der Waals surface area contributed by atoms with E-state index in [1.165, 1.54) is 12.1 Å². The highest BCUT2D eigenvalue weighted by Gasteiger charge is 2.19. The zero-order chi connectivity index (χ0) is 12.7. The van der Waals surface area contributed by atoms with Crippen molar-refractivity contribution in [3.8, 4) is 22.6 Å². The molecule has 2 N–H and O–H groups in total. The standard InChI is InChI=1S/C14H11FO3/c15-13-5-11(17)4-9-7-18-6-8-3-10(16)1-2-12(8)14(9)13/h1-5,16-17H,6-7H2. The van der Waals surface area contributed by atoms with Crippen molar-refractivity contribution < 1.29 is 19.3 Å². The van der Waals surface area contributed by atoms with E-state index in [9.17, 15) is 14.6 Å². The SMILES string of the molecule is Oc1ccc2c(c1)COCc1cc(O)cc(F)c1-2. The molecule has 1 aliphatic heterocycles. The second kappa shape index (κ2) is 3.99. The Labute approximate surface area is 103 Å². The van der Waals surface area contributed by atoms with Gasteiger partial charge in [0.1, 0.15) is 17.3 Å². The van der Waals surface area contributed by atoms with E-state index in [0.717, 1.165) is 11.6 Å². The lowest BCUT2D eigenvalue weighted by Gasteiger charge is -2.10. The average Bonchev–Trinajstić information content (AvgIpc) is 2.47. The van der Waals surface area contributed by atoms with Gasteiger partial charge < -0.3 is 14.9 Å². The minimum atomic E-state index is -0.484. The third-order valence-electron chi connectivity index (χ3n) is 3.03. The van der Waals surface area contributed by atoms with Crippen molar-refractivity contribution in [2.75, 3.05) is 0 Å². The van der Waals surface area contributed by atoms with Crippen molar-refractivity contribution in [3.05, 3.63) is 47.3 Å². The van der Waals surface area contributed by atoms with Gasteiger partial charge in [-0.2, -0.15) is 0 Å². The Hall–Kier alpha value is -2.07. The van der Waals surface area contributed by atoms with Gasteiger partial charge in [-0.05, 0) is 34.9 Å². The minimum Gasteiger partial charge on any atom is -0.508 e. The van der Waals surface area contributed by atoms with E-state index in [2.05, 4.69) is 0 Å². The van der Waals surface area contributed by atoms with Gasteiger partial charge in [0.2, 0.25) is 0 Å². The highest BCUT2D eigenvalue weighted by atomic mass is 19.1. The molecule has 1 heterocycles. The van der Waals surface area contributed by atoms with Crippen LogP contribution in [0.5, 0.6) is 11.5 Å². The second-order valence-corrected chi connectivity index (χ2v) is 4.30. The molecule has 1 aliphatic rings. The Morgan fingerprint density at radius 1 is 0.944 bits per heavy atom. The van der Waals surface area contributed by atoms with Gasteiger partial charge >= 0.3 is 0 Å². The highest BCUT2D eigenvalue weighted by Crippen LogP contribution is 2.37. The molecule has 0 spiro atoms. The van der Waals surface area contributed by atoms with E-state index < -0.39 is 5.82 Å². The van der Waals surface area contributed by atoms with Crippen LogP contribution in [0, 0.1) is 5.82 Å². The number of hydrogen-bond acceptors (Lipinski definition) is 3. The summed E-state index contributed by atoms with van der Waals surface area (Å²) >= 11 is 0. The van der Waals surface area contributed by atoms with Crippen LogP contribution >= 0.6 is 0 Å². The van der Waals surface area contributed by atoms with Crippen LogP contribution in [0.25, 0.3) is 11.1 Å². The van der Waals surface area contributed by atoms with E-state index >= 15 is 0 Å². The van der Waals surface area contributed by atoms with Gasteiger partial charge in [-0.25, -0.2) is 4.39 Å². The van der Waals surface area contributed by atoms with Crippen molar-refractivity contribution in [1.82, 2.24) is 0 Å². The second-order valence-electron chi connectivity index (χ2n) is 4.30. The Kier molecular flexibility index (Phi) is 2.45. The summed E-state index contributed by atoms with van der Waals surface area (Å²) in [5, 5.41) is 18.9. The number of halogens is 1. The van der Waals surface area contributed by atoms with Crippen LogP contribution in [0.2, 0.25) is 0 Å². The molecule has 0 aromatic heterocycles. The topological polar surface area (TPSA) is 49.7 Å². The fourth-order valence-electron chi connectivity index (χ4n) is 2.28. The summed E-state index contributed by atoms with van der Waals surface area (Å²) in [6, 6.07) is 7.33. The lowest BCUT2D eigenvalue weighted by atomic mass is 9.96. The summed E-state index contributed by atoms with van der Waals surface area (Å²) in [4.78, 5) is 0. The first-order valence-electron chi connectivity index (χ1n) is 5.56. The molecular formula is C14H11FO3. The number of phenols is 2. The smallest absolute Gasteiger partial charge is 0.135 e. The van der Waals surface area contributed by atoms with Gasteiger partial charge in [-0.15, -0.1) is 0 Å². The quantitative estimate of drug-likeness (QED) is 0.751. The lowest BCUT2D eigenvalue weighted by molar-refractivity contribution is 0.109. The number of benzene rings is 2. The summed E-state index contributed by atoms with van der Waals surface area (Å²) in [5.74, 6) is -0.473. The van der Waals surface area contributed by atoms with E-state index in [1.807, 2.05) is 0 Å². The van der Waals surface area contributed by atoms with E-state index in [0.29, 0.717) is 23.3 Å². The maximum atomic E-state index is 14.0. The van der Waals surface area contributed by atoms with Crippen LogP contribution in [-0.4, -0.2) is 10.2 Å². The van der Waals surface area contributed by atoms with Gasteiger partial charge in [0.15, 0.2) is 0 Å². The molecular weight excluding hydrogens is 235 g/mol. The maximum Gasteiger partial charge on any atom is 0.135 e. The Morgan fingerprint density at radius 2 is 1.67 bits per heavy atom. The molecule has 18 heavy (non-hydrogen) atoms. The van der Waals surface area contributed by atoms with Crippen LogP contribution in [0.15, 0.2) is 30.3 Å². The van der Waals surface area contributed by atoms with Crippen molar-refractivity contribution in [1.29, 1.82) is 0 Å². The first-order chi connectivity index (χ1) is 8.65. The molecule has 0 bridgehead atoms. The molecule has 0 atom stereocenters. The minimum absolute atomic E-state index is 0.114. The normalized spacial score (nSPS) is 13.6. The number of phenolic OH excluding ortho intramolecular Hbond substituents is 2. The molecule has 0 aliphatic carbocycles. The Balaban J connectivity index is 2.30. The first kappa shape index (κ1) is 11.0. The molecule has 3 nitrogen and oxygen atoms in total. The average molecular weight is 246 g/mol. The predicted molar refractivity (Wildman–Crippen MR) is 63.7 cm³/mol. The fourth-order valence-corrected chi connectivity index (χ4v) is 2.28. The van der Waals surface area contributed by atoms with Crippen LogP contribution in [-0.2, 0) is 18.0 Å². The summed E-state index contributed by atoms with van der Waals surface area (Å²) in [5.41, 5.74) is 2.47. The van der Waals surface area contributed by atoms with Gasteiger partial charge in [-0.1, -0.05) is 6.07 Å². The zero-order valence-electron chi connectivity index (χ0n) is 9.48. The Morgan fingerprint density at radius 3 is 2.50 bits per heavy atom. The molecule has 4 heteroatoms. The number of aromatic hydroxyl groups is 2. The molecule has 0 radical (unpaired) electrons. The lowest BCUT2D eigenvalue weighted by Crippen LogP contribution is -1.93. The number of hydrogen-bond donors (Lipinski definition) is 2. The predicted octanol–water partition coefficient (Wildman–Crippen LogP) is 2.93. The maximum absolute atomic E-state index is 14.0. The van der Waals surface area contributed by atoms with E-state index in [1.54, 1.807) is 12.1 Å². The first-order valence-corrected chi connectivity index (χ1v) is 5.56. The van der Waals surface area contributed by atoms with Gasteiger partial charge in [0, 0.05) is 11.6 Å². The molecule has 0 saturated carbocycles. The molecule has 0 saturated heterocycles. The fraction of sp³-hybridized carbons (Fsp3) is 0.143. The molecule has 3 rings (SSSR count). The zero-order valence-corrected chi connectivity index (χ0v) is 9.48. The largest absolute Gasteiger partial charge is 0.508 e. The van der Waals surface area contributed by atoms with Gasteiger partial charge in [0.25, 0.3) is 0 Å². The molecule has 0 amide bonds. The van der Waals surface area contributed by atoms with E-state index in [4.69, 9.17) is 4.74 Å². The molecule has 92 valence electrons. The third-order valence-corrected chi connectivity index (χ3v) is 3.03. The van der Waals surface area contributed by atoms with Crippen molar-refractivity contribution in [2.45, 2.75) is 13.2 Å². The van der Waals surface area contributed by atoms with Crippen LogP contribution in [0.1, 0.15) is 11.1 Å². The number of ether oxygens (including phenoxy) is 1. The summed E-state index contributed by atoms with van der Waals surface area (Å²) in [6.45, 7) is 0.536. The van der Waals surface area contributed by atoms with Crippen molar-refractivity contribution >= 4 is 0 Å². The Bertz CT molecular complexity index is 623. The summed E-state index contributed by atoms with van der Waals surface area (Å²) < 4.78 is 19.4. The van der Waals surface area contributed by atoms with Crippen LogP contribution < -0.4 is 0 Å². The number of rotatable bonds is 0. The summed E-state index contributed by atoms with van der Waals surface area (Å²) in [7, 11) is 0. The highest BCUT2D eigenvalue weighted by molar-refractivity contribution is 5.73. The third kappa shape index (κ3) is 1.71. The number of fused-ring (bicyclic) bond motifs is 3. The molecule has 0 unspecified atom stereocenters. The molecule has 2 aromatic carbocycles. The van der Waals surface area contributed by atoms with Gasteiger partial charge in [0.05, 0.1) is 13.2 Å². The van der Waals surface area contributed by atoms with E-state index in [-0.39, 0.29) is 18.1 Å². The van der Waals surface area contributed by atoms with Crippen molar-refractivity contribution in [3.63, 3.8) is 0 Å². The van der Waals surface area contributed by atoms with Gasteiger partial charge in [-0.3, -0.25) is 0 Å². The molecule has 2 aromatic rings. The monoisotopic (exact) mass is 246 g/mol. The molecule has 0 fully saturated rings. The van der Waals surface area contributed by atoms with Crippen molar-refractivity contribution in [2.24, 2.45) is 0 Å². The van der Waals surface area contributed by atoms with Crippen LogP contribution in [0.4, 0.5) is 4.39 Å². The summed E-state index contributed by atoms with van der Waals surface area (Å²) in [6.07, 6.45) is 0. The van der Waals surface area contributed by atoms with Crippen LogP contribution in [0.3, 0.4) is 0 Å².